The number of halogens is 1. The molecule has 1 atom stereocenters. The fourth-order valence-electron chi connectivity index (χ4n) is 3.55. The Kier molecular flexibility index (Phi) is 5.37. The second-order valence-electron chi connectivity index (χ2n) is 7.38. The normalized spacial score (nSPS) is 12.1. The van der Waals surface area contributed by atoms with Crippen molar-refractivity contribution in [1.82, 2.24) is 24.9 Å². The molecule has 8 heteroatoms. The van der Waals surface area contributed by atoms with Crippen LogP contribution in [0.1, 0.15) is 29.9 Å². The Morgan fingerprint density at radius 2 is 1.74 bits per heavy atom. The van der Waals surface area contributed by atoms with Crippen molar-refractivity contribution in [1.29, 1.82) is 0 Å². The summed E-state index contributed by atoms with van der Waals surface area (Å²) in [4.78, 5) is 25.9. The smallest absolute Gasteiger partial charge is 0.278 e. The zero-order chi connectivity index (χ0) is 22.1. The van der Waals surface area contributed by atoms with E-state index >= 15 is 0 Å². The van der Waals surface area contributed by atoms with Gasteiger partial charge in [-0.3, -0.25) is 9.59 Å². The highest BCUT2D eigenvalue weighted by Crippen LogP contribution is 2.20. The summed E-state index contributed by atoms with van der Waals surface area (Å²) in [6.07, 6.45) is 0. The lowest BCUT2D eigenvalue weighted by Gasteiger charge is -2.15. The molecule has 0 bridgehead atoms. The minimum Gasteiger partial charge on any atom is -0.350 e. The zero-order valence-corrected chi connectivity index (χ0v) is 17.5. The summed E-state index contributed by atoms with van der Waals surface area (Å²) in [6.45, 7) is 5.19. The van der Waals surface area contributed by atoms with Crippen LogP contribution in [0.5, 0.6) is 0 Å². The average molecular weight is 419 g/mol. The van der Waals surface area contributed by atoms with E-state index in [0.29, 0.717) is 27.9 Å². The number of amides is 1. The van der Waals surface area contributed by atoms with Crippen LogP contribution in [0.15, 0.2) is 59.4 Å². The van der Waals surface area contributed by atoms with Crippen molar-refractivity contribution in [3.05, 3.63) is 87.7 Å². The number of aryl methyl sites for hydroxylation is 2. The number of nitrogens with one attached hydrogen (secondary N) is 1. The highest BCUT2D eigenvalue weighted by Gasteiger charge is 2.23. The Labute approximate surface area is 178 Å². The van der Waals surface area contributed by atoms with E-state index in [-0.39, 0.29) is 6.54 Å². The number of hydrogen-bond acceptors (Lipinski definition) is 4. The first-order chi connectivity index (χ1) is 14.9. The lowest BCUT2D eigenvalue weighted by molar-refractivity contribution is -0.124. The predicted octanol–water partition coefficient (Wildman–Crippen LogP) is 3.22. The Morgan fingerprint density at radius 1 is 1.06 bits per heavy atom. The molecule has 1 amide bonds. The van der Waals surface area contributed by atoms with Crippen LogP contribution in [0.2, 0.25) is 0 Å². The Bertz CT molecular complexity index is 1330. The first kappa shape index (κ1) is 20.5. The van der Waals surface area contributed by atoms with E-state index in [1.54, 1.807) is 36.7 Å². The third-order valence-electron chi connectivity index (χ3n) is 5.30. The maximum Gasteiger partial charge on any atom is 0.278 e. The quantitative estimate of drug-likeness (QED) is 0.539. The highest BCUT2D eigenvalue weighted by molar-refractivity contribution is 5.84. The van der Waals surface area contributed by atoms with E-state index in [0.717, 1.165) is 5.69 Å². The van der Waals surface area contributed by atoms with E-state index in [4.69, 9.17) is 0 Å². The van der Waals surface area contributed by atoms with Crippen LogP contribution >= 0.6 is 0 Å². The topological polar surface area (TPSA) is 81.8 Å². The molecule has 2 aromatic heterocycles. The molecule has 0 aliphatic heterocycles. The van der Waals surface area contributed by atoms with Crippen LogP contribution in [0.25, 0.3) is 16.6 Å². The predicted molar refractivity (Wildman–Crippen MR) is 116 cm³/mol. The van der Waals surface area contributed by atoms with Gasteiger partial charge >= 0.3 is 0 Å². The number of carbonyl (C=O) groups excluding carboxylic acids is 1. The molecular weight excluding hydrogens is 397 g/mol. The number of carbonyl (C=O) groups is 1. The molecule has 0 unspecified atom stereocenters. The van der Waals surface area contributed by atoms with Gasteiger partial charge in [-0.1, -0.05) is 36.4 Å². The van der Waals surface area contributed by atoms with Crippen LogP contribution in [0, 0.1) is 19.7 Å². The van der Waals surface area contributed by atoms with Gasteiger partial charge in [-0.05, 0) is 39.0 Å². The zero-order valence-electron chi connectivity index (χ0n) is 17.5. The molecule has 1 N–H and O–H groups in total. The van der Waals surface area contributed by atoms with Crippen molar-refractivity contribution >= 4 is 16.8 Å². The van der Waals surface area contributed by atoms with Gasteiger partial charge in [-0.25, -0.2) is 13.8 Å². The molecule has 0 spiro atoms. The monoisotopic (exact) mass is 419 g/mol. The van der Waals surface area contributed by atoms with Gasteiger partial charge < -0.3 is 5.32 Å². The van der Waals surface area contributed by atoms with Gasteiger partial charge in [0.2, 0.25) is 5.91 Å². The van der Waals surface area contributed by atoms with Crippen LogP contribution < -0.4 is 10.9 Å². The average Bonchev–Trinajstić information content (AvgIpc) is 3.13. The van der Waals surface area contributed by atoms with E-state index in [9.17, 15) is 14.0 Å². The van der Waals surface area contributed by atoms with Crippen molar-refractivity contribution < 1.29 is 9.18 Å². The summed E-state index contributed by atoms with van der Waals surface area (Å²) < 4.78 is 16.7. The number of nitrogens with zero attached hydrogens (tertiary/aromatic N) is 4. The summed E-state index contributed by atoms with van der Waals surface area (Å²) in [5, 5.41) is 12.0. The molecule has 2 aromatic carbocycles. The maximum absolute atomic E-state index is 13.8. The fraction of sp³-hybridized carbons (Fsp3) is 0.217. The van der Waals surface area contributed by atoms with E-state index in [1.807, 2.05) is 37.3 Å². The van der Waals surface area contributed by atoms with Crippen molar-refractivity contribution in [3.8, 4) is 5.69 Å². The lowest BCUT2D eigenvalue weighted by Crippen LogP contribution is -2.37. The second-order valence-corrected chi connectivity index (χ2v) is 7.38. The summed E-state index contributed by atoms with van der Waals surface area (Å²) >= 11 is 0. The first-order valence-electron chi connectivity index (χ1n) is 9.93. The number of hydrogen-bond donors (Lipinski definition) is 1. The molecule has 31 heavy (non-hydrogen) atoms. The number of benzene rings is 2. The minimum atomic E-state index is -0.873. The lowest BCUT2D eigenvalue weighted by atomic mass is 10.2. The molecule has 4 aromatic rings. The SMILES string of the molecule is Cc1nn([C@@H](C)C(=O)NCc2ccccc2F)c(=O)c2c(C)n(-c3ccccc3)nc12. The number of fused-ring (bicyclic) bond motifs is 1. The van der Waals surface area contributed by atoms with Crippen LogP contribution in [-0.2, 0) is 11.3 Å². The third kappa shape index (κ3) is 3.72. The Balaban J connectivity index is 1.68. The van der Waals surface area contributed by atoms with Crippen LogP contribution in [-0.4, -0.2) is 25.5 Å². The van der Waals surface area contributed by atoms with Gasteiger partial charge in [0.05, 0.1) is 22.5 Å². The Hall–Kier alpha value is -3.81. The summed E-state index contributed by atoms with van der Waals surface area (Å²) in [6, 6.07) is 14.8. The minimum absolute atomic E-state index is 0.0246. The molecule has 2 heterocycles. The third-order valence-corrected chi connectivity index (χ3v) is 5.30. The van der Waals surface area contributed by atoms with Crippen LogP contribution in [0.3, 0.4) is 0 Å². The largest absolute Gasteiger partial charge is 0.350 e. The molecule has 0 fully saturated rings. The standard InChI is InChI=1S/C23H22FN5O2/c1-14-21-20(15(2)28(27-21)18-10-5-4-6-11-18)23(31)29(26-14)16(3)22(30)25-13-17-9-7-8-12-19(17)24/h4-12,16H,13H2,1-3H3,(H,25,30)/t16-/m0/s1. The van der Waals surface area contributed by atoms with Crippen LogP contribution in [0.4, 0.5) is 4.39 Å². The van der Waals surface area contributed by atoms with E-state index in [2.05, 4.69) is 15.5 Å². The Morgan fingerprint density at radius 3 is 2.45 bits per heavy atom. The molecule has 0 aliphatic rings. The van der Waals surface area contributed by atoms with Gasteiger partial charge in [0.25, 0.3) is 5.56 Å². The maximum atomic E-state index is 13.8. The van der Waals surface area contributed by atoms with Crippen molar-refractivity contribution in [2.24, 2.45) is 0 Å². The molecule has 0 aliphatic carbocycles. The van der Waals surface area contributed by atoms with Gasteiger partial charge in [0, 0.05) is 12.1 Å². The second kappa shape index (κ2) is 8.14. The summed E-state index contributed by atoms with van der Waals surface area (Å²) in [5.74, 6) is -0.823. The first-order valence-corrected chi connectivity index (χ1v) is 9.93. The van der Waals surface area contributed by atoms with Crippen molar-refractivity contribution in [2.75, 3.05) is 0 Å². The number of rotatable bonds is 5. The highest BCUT2D eigenvalue weighted by atomic mass is 19.1. The number of aromatic nitrogens is 4. The molecule has 158 valence electrons. The molecule has 0 saturated carbocycles. The summed E-state index contributed by atoms with van der Waals surface area (Å²) in [7, 11) is 0. The molecule has 0 saturated heterocycles. The van der Waals surface area contributed by atoms with Gasteiger partial charge in [0.15, 0.2) is 0 Å². The van der Waals surface area contributed by atoms with Gasteiger partial charge in [-0.15, -0.1) is 0 Å². The van der Waals surface area contributed by atoms with E-state index < -0.39 is 23.3 Å². The number of para-hydroxylation sites is 1. The van der Waals surface area contributed by atoms with Crippen molar-refractivity contribution in [3.63, 3.8) is 0 Å². The molecule has 7 nitrogen and oxygen atoms in total. The van der Waals surface area contributed by atoms with Crippen molar-refractivity contribution in [2.45, 2.75) is 33.4 Å². The molecular formula is C23H22FN5O2. The van der Waals surface area contributed by atoms with Gasteiger partial charge in [-0.2, -0.15) is 10.2 Å². The van der Waals surface area contributed by atoms with Gasteiger partial charge in [0.1, 0.15) is 17.4 Å². The fourth-order valence-corrected chi connectivity index (χ4v) is 3.55. The summed E-state index contributed by atoms with van der Waals surface area (Å²) in [5.41, 5.74) is 2.52. The molecule has 4 rings (SSSR count). The molecule has 0 radical (unpaired) electrons. The van der Waals surface area contributed by atoms with E-state index in [1.165, 1.54) is 10.7 Å².